The Balaban J connectivity index is 0.000000296. The van der Waals surface area contributed by atoms with Crippen molar-refractivity contribution < 1.29 is 122 Å². The minimum atomic E-state index is -1.50. The number of phenolic OH excluding ortho intramolecular Hbond substituents is 2. The van der Waals surface area contributed by atoms with E-state index in [0.29, 0.717) is 56.1 Å². The number of hydrogen-bond acceptors (Lipinski definition) is 30. The minimum absolute atomic E-state index is 0.0229. The van der Waals surface area contributed by atoms with E-state index in [9.17, 15) is 112 Å². The molecule has 0 aliphatic carbocycles. The lowest BCUT2D eigenvalue weighted by Crippen LogP contribution is -2.50. The van der Waals surface area contributed by atoms with Gasteiger partial charge < -0.3 is 96.5 Å². The topological polar surface area (TPSA) is 630 Å². The first-order valence-corrected chi connectivity index (χ1v) is 47.0. The molecule has 2 aliphatic heterocycles. The number of thioether (sulfide) groups is 1. The predicted octanol–water partition coefficient (Wildman–Crippen LogP) is 6.43. The lowest BCUT2D eigenvalue weighted by molar-refractivity contribution is -0.145. The smallest absolute Gasteiger partial charge is 0.330 e. The van der Waals surface area contributed by atoms with E-state index in [0.717, 1.165) is 56.4 Å². The summed E-state index contributed by atoms with van der Waals surface area (Å²) in [4.78, 5) is 208. The molecule has 9 rings (SSSR count). The monoisotopic (exact) mass is 1970 g/mol. The minimum Gasteiger partial charge on any atom is -0.508 e. The molecule has 17 N–H and O–H groups in total. The number of H-pyrrole nitrogens is 2. The number of carbonyl (C=O) groups excluding carboxylic acids is 10. The van der Waals surface area contributed by atoms with Crippen molar-refractivity contribution in [3.8, 4) is 22.6 Å². The summed E-state index contributed by atoms with van der Waals surface area (Å²) in [6.45, 7) is 24.9. The van der Waals surface area contributed by atoms with Gasteiger partial charge in [0.15, 0.2) is 12.5 Å². The molecule has 2 saturated heterocycles. The number of ketones is 3. The van der Waals surface area contributed by atoms with Crippen molar-refractivity contribution >= 4 is 93.5 Å². The van der Waals surface area contributed by atoms with Crippen molar-refractivity contribution in [2.24, 2.45) is 22.0 Å². The highest BCUT2D eigenvalue weighted by molar-refractivity contribution is 8.00. The van der Waals surface area contributed by atoms with Crippen LogP contribution in [0, 0.1) is 16.2 Å². The Hall–Kier alpha value is -12.6. The number of carboxylic acids is 2. The van der Waals surface area contributed by atoms with Crippen LogP contribution in [0.4, 0.5) is 0 Å². The fourth-order valence-corrected chi connectivity index (χ4v) is 15.8. The molecule has 0 saturated carbocycles. The summed E-state index contributed by atoms with van der Waals surface area (Å²) >= 11 is 1.43. The number of amides is 5. The second-order valence-corrected chi connectivity index (χ2v) is 40.7. The van der Waals surface area contributed by atoms with Gasteiger partial charge in [0.2, 0.25) is 35.0 Å². The Bertz CT molecular complexity index is 5660. The highest BCUT2D eigenvalue weighted by Crippen LogP contribution is 2.36. The van der Waals surface area contributed by atoms with E-state index in [-0.39, 0.29) is 174 Å². The van der Waals surface area contributed by atoms with Crippen molar-refractivity contribution in [2.45, 2.75) is 277 Å². The second kappa shape index (κ2) is 54.8. The molecule has 2 fully saturated rings. The molecule has 13 atom stereocenters. The maximum atomic E-state index is 13.0. The number of aliphatic carboxylic acids is 2. The summed E-state index contributed by atoms with van der Waals surface area (Å²) in [6.07, 6.45) is -3.69. The van der Waals surface area contributed by atoms with Crippen molar-refractivity contribution in [3.05, 3.63) is 196 Å². The van der Waals surface area contributed by atoms with E-state index < -0.39 is 144 Å². The maximum Gasteiger partial charge on any atom is 0.330 e. The zero-order valence-corrected chi connectivity index (χ0v) is 81.9. The molecule has 5 heterocycles. The standard InChI is InChI=1S/C33H46N4O10.C30H41N3O9.C22H22O5.C14H25N3O6S/c1-5-25(39)35-23(22(20-9-7-6-8-10-20)17-21(38)18-33(2,3)4)14-16-46-28(42)12-11-26(40)34-19-24-29(43)30(44)31(47-24)37-15-13-27(41)36-32(37)45;1-30(2,3)17-21(34)16-20(19-8-5-4-6-9-19)10-7-15-41-25(37)12-11-23(35)31-18-22-26(38)27(39)28(42-22)33-14-13-24(36)32-29(33)40;1-22(2,3)11-16(24)8-13-4-6-14(7-5-13)17-12-27-19-10-15(23)9-18(25)20(19)21(17)26;1-14(2,3)24-7-9(12(21)16-6-11(19)20)17-10(18)5-4-8(15)13(22)23/h6-10,13,15,22-24,29-31,43-44H,5,11-12,14,16-19H2,1-4H3,(H,34,40)(H,35,39)(H,36,41,45);4-6,8-9,13-14,20,22,26-28,38-39H,7,10-12,15-18H2,1-3H3,(H,31,35)(H,32,36,40);4-7,9-10,12,23,25H,8,11H2,1-3H3;8-9H,4-7,15H2,1-3H3,(H,16,21)(H,17,18)(H,19,20)(H,22,23). The number of rotatable bonds is 44. The summed E-state index contributed by atoms with van der Waals surface area (Å²) in [5, 5.41) is 90.9. The number of fused-ring (bicyclic) bond motifs is 1. The van der Waals surface area contributed by atoms with Crippen LogP contribution in [0.5, 0.6) is 11.5 Å². The molecule has 0 radical (unpaired) electrons. The van der Waals surface area contributed by atoms with Crippen LogP contribution in [0.1, 0.15) is 227 Å². The van der Waals surface area contributed by atoms with Crippen LogP contribution in [-0.4, -0.2) is 229 Å². The van der Waals surface area contributed by atoms with E-state index in [4.69, 9.17) is 39.3 Å². The van der Waals surface area contributed by atoms with Gasteiger partial charge >= 0.3 is 35.3 Å². The van der Waals surface area contributed by atoms with E-state index in [2.05, 4.69) is 26.6 Å². The normalized spacial score (nSPS) is 17.8. The molecule has 40 nitrogen and oxygen atoms in total. The van der Waals surface area contributed by atoms with Gasteiger partial charge in [-0.3, -0.25) is 91.0 Å². The highest BCUT2D eigenvalue weighted by atomic mass is 32.2. The summed E-state index contributed by atoms with van der Waals surface area (Å²) in [5.74, 6) is -6.02. The summed E-state index contributed by atoms with van der Waals surface area (Å²) in [5.41, 5.74) is 5.61. The van der Waals surface area contributed by atoms with Gasteiger partial charge in [-0.2, -0.15) is 11.8 Å². The van der Waals surface area contributed by atoms with Crippen LogP contribution in [0.15, 0.2) is 156 Å². The van der Waals surface area contributed by atoms with Crippen LogP contribution < -0.4 is 60.2 Å². The van der Waals surface area contributed by atoms with Crippen molar-refractivity contribution in [3.63, 3.8) is 0 Å². The third kappa shape index (κ3) is 40.7. The van der Waals surface area contributed by atoms with Gasteiger partial charge in [-0.25, -0.2) is 9.59 Å². The Morgan fingerprint density at radius 2 is 1.04 bits per heavy atom. The largest absolute Gasteiger partial charge is 0.508 e. The number of esters is 2. The van der Waals surface area contributed by atoms with Gasteiger partial charge in [0.25, 0.3) is 11.1 Å². The number of aromatic hydroxyl groups is 2. The zero-order chi connectivity index (χ0) is 104. The molecular formula is C99H134N10O30S. The molecule has 766 valence electrons. The van der Waals surface area contributed by atoms with Crippen LogP contribution in [0.2, 0.25) is 0 Å². The molecule has 140 heavy (non-hydrogen) atoms. The Morgan fingerprint density at radius 1 is 0.543 bits per heavy atom. The molecule has 13 unspecified atom stereocenters. The summed E-state index contributed by atoms with van der Waals surface area (Å²) in [6, 6.07) is 28.4. The number of phenols is 2. The first-order chi connectivity index (χ1) is 65.6. The Labute approximate surface area is 813 Å². The van der Waals surface area contributed by atoms with Gasteiger partial charge in [0.05, 0.1) is 31.6 Å². The average Bonchev–Trinajstić information content (AvgIpc) is 1.63. The second-order valence-electron chi connectivity index (χ2n) is 38.8. The van der Waals surface area contributed by atoms with Gasteiger partial charge in [0.1, 0.15) is 101 Å². The zero-order valence-electron chi connectivity index (χ0n) is 81.1. The molecule has 41 heteroatoms. The number of carboxylic acid groups (broad SMARTS) is 2. The number of carbonyl (C=O) groups is 12. The van der Waals surface area contributed by atoms with E-state index >= 15 is 0 Å². The molecule has 7 aromatic rings. The lowest BCUT2D eigenvalue weighted by atomic mass is 9.81. The van der Waals surface area contributed by atoms with E-state index in [1.165, 1.54) is 24.1 Å². The number of aromatic nitrogens is 4. The SMILES string of the molecule is CC(C)(C)CC(=O)CC(CCCOC(=O)CCC(=O)NCC1OC(n2ccc(=O)[nH]c2=O)C(O)C1O)c1ccccc1.CC(C)(C)CC(=O)Cc1ccc(-c2coc3cc(O)cc(O)c3c2=O)cc1.CC(C)(C)SCC(NC(=O)CCC(N)C(=O)O)C(=O)NCC(=O)O.CCC(=O)NC(CCOC(=O)CCC(=O)NCC1OC(n2ccc(=O)[nH]c2=O)C(O)C1O)C(CC(=O)CC(C)(C)C)c1ccccc1. The highest BCUT2D eigenvalue weighted by Gasteiger charge is 2.46. The summed E-state index contributed by atoms with van der Waals surface area (Å²) < 4.78 is 28.9. The fourth-order valence-electron chi connectivity index (χ4n) is 14.9. The fraction of sp³-hybridized carbons (Fsp3) is 0.525. The summed E-state index contributed by atoms with van der Waals surface area (Å²) in [7, 11) is 0. The van der Waals surface area contributed by atoms with Crippen LogP contribution >= 0.6 is 11.8 Å². The number of Topliss-reactive ketones (excluding diaryl/α,β-unsaturated/α-hetero) is 3. The quantitative estimate of drug-likeness (QED) is 0.0144. The number of nitrogens with one attached hydrogen (secondary N) is 7. The Kier molecular flexibility index (Phi) is 45.4. The third-order valence-corrected chi connectivity index (χ3v) is 23.1. The molecule has 2 aliphatic rings. The third-order valence-electron chi connectivity index (χ3n) is 21.7. The average molecular weight is 1980 g/mol. The first-order valence-electron chi connectivity index (χ1n) is 46.0. The number of nitrogens with zero attached hydrogens (tertiary/aromatic N) is 2. The van der Waals surface area contributed by atoms with Gasteiger partial charge in [-0.1, -0.05) is 175 Å². The van der Waals surface area contributed by atoms with E-state index in [1.807, 2.05) is 166 Å². The lowest BCUT2D eigenvalue weighted by Gasteiger charge is -2.29. The van der Waals surface area contributed by atoms with Crippen molar-refractivity contribution in [1.29, 1.82) is 0 Å². The van der Waals surface area contributed by atoms with Crippen LogP contribution in [-0.2, 0) is 82.9 Å². The predicted molar refractivity (Wildman–Crippen MR) is 516 cm³/mol. The molecular weight excluding hydrogens is 1840 g/mol. The number of hydrogen-bond donors (Lipinski definition) is 16. The van der Waals surface area contributed by atoms with Gasteiger partial charge in [0, 0.05) is 143 Å². The number of aromatic amines is 2. The van der Waals surface area contributed by atoms with Crippen molar-refractivity contribution in [1.82, 2.24) is 45.7 Å². The van der Waals surface area contributed by atoms with Gasteiger partial charge in [-0.15, -0.1) is 0 Å². The number of aliphatic hydroxyl groups excluding tert-OH is 4. The first kappa shape index (κ1) is 116. The number of benzene rings is 4. The van der Waals surface area contributed by atoms with Crippen LogP contribution in [0.3, 0.4) is 0 Å². The molecule has 4 aromatic carbocycles. The van der Waals surface area contributed by atoms with E-state index in [1.54, 1.807) is 19.1 Å². The number of nitrogens with two attached hydrogens (primary N) is 1. The molecule has 5 amide bonds. The molecule has 3 aromatic heterocycles. The van der Waals surface area contributed by atoms with Crippen LogP contribution in [0.25, 0.3) is 22.1 Å². The Morgan fingerprint density at radius 3 is 1.51 bits per heavy atom. The number of ether oxygens (including phenoxy) is 4. The van der Waals surface area contributed by atoms with Gasteiger partial charge in [-0.05, 0) is 63.7 Å². The van der Waals surface area contributed by atoms with Crippen molar-refractivity contribution in [2.75, 3.05) is 38.6 Å². The maximum absolute atomic E-state index is 13.0. The molecule has 0 spiro atoms. The number of aliphatic hydroxyl groups is 4. The molecule has 0 bridgehead atoms.